The molecule has 0 atom stereocenters. The molecule has 0 saturated carbocycles. The number of nitrogens with zero attached hydrogens (tertiary/aromatic N) is 5. The molecule has 110 valence electrons. The second-order valence-corrected chi connectivity index (χ2v) is 4.54. The number of benzene rings is 1. The number of hydrogen-bond donors (Lipinski definition) is 1. The molecule has 3 aromatic rings. The maximum absolute atomic E-state index is 5.73. The van der Waals surface area contributed by atoms with E-state index in [0.29, 0.717) is 17.7 Å². The highest BCUT2D eigenvalue weighted by atomic mass is 16.5. The molecular formula is C15H14N6O. The van der Waals surface area contributed by atoms with Gasteiger partial charge in [-0.05, 0) is 30.7 Å². The van der Waals surface area contributed by atoms with Crippen LogP contribution in [0.2, 0.25) is 0 Å². The van der Waals surface area contributed by atoms with Crippen LogP contribution in [0.5, 0.6) is 11.8 Å². The fourth-order valence-corrected chi connectivity index (χ4v) is 1.83. The van der Waals surface area contributed by atoms with Gasteiger partial charge >= 0.3 is 6.01 Å². The third-order valence-electron chi connectivity index (χ3n) is 2.78. The number of nitrogens with two attached hydrogens (primary N) is 1. The van der Waals surface area contributed by atoms with Crippen LogP contribution in [-0.2, 0) is 0 Å². The quantitative estimate of drug-likeness (QED) is 0.745. The summed E-state index contributed by atoms with van der Waals surface area (Å²) in [6.45, 7) is 1.86. The molecule has 0 fully saturated rings. The Bertz CT molecular complexity index is 797. The number of rotatable bonds is 4. The average Bonchev–Trinajstić information content (AvgIpc) is 2.84. The molecule has 2 N–H and O–H groups in total. The highest BCUT2D eigenvalue weighted by Crippen LogP contribution is 2.17. The molecule has 2 heterocycles. The van der Waals surface area contributed by atoms with Crippen LogP contribution in [-0.4, -0.2) is 25.8 Å². The van der Waals surface area contributed by atoms with Crippen molar-refractivity contribution in [3.8, 4) is 11.8 Å². The third kappa shape index (κ3) is 3.26. The predicted octanol–water partition coefficient (Wildman–Crippen LogP) is 2.24. The van der Waals surface area contributed by atoms with Gasteiger partial charge in [-0.25, -0.2) is 19.6 Å². The average molecular weight is 294 g/mol. The van der Waals surface area contributed by atoms with Gasteiger partial charge in [0.25, 0.3) is 0 Å². The summed E-state index contributed by atoms with van der Waals surface area (Å²) >= 11 is 0. The fourth-order valence-electron chi connectivity index (χ4n) is 1.83. The SMILES string of the molecule is Cc1cn(N=Cc2cccc(Oc3ncccn3)c2)c(N)n1. The molecule has 7 nitrogen and oxygen atoms in total. The molecule has 0 spiro atoms. The van der Waals surface area contributed by atoms with Crippen molar-refractivity contribution in [2.75, 3.05) is 5.73 Å². The first-order chi connectivity index (χ1) is 10.7. The molecular weight excluding hydrogens is 280 g/mol. The molecule has 0 unspecified atom stereocenters. The van der Waals surface area contributed by atoms with Gasteiger partial charge in [-0.2, -0.15) is 5.10 Å². The van der Waals surface area contributed by atoms with Gasteiger partial charge < -0.3 is 10.5 Å². The summed E-state index contributed by atoms with van der Waals surface area (Å²) < 4.78 is 7.09. The molecule has 0 radical (unpaired) electrons. The first-order valence-electron chi connectivity index (χ1n) is 6.61. The molecule has 0 amide bonds. The van der Waals surface area contributed by atoms with E-state index in [1.807, 2.05) is 31.2 Å². The van der Waals surface area contributed by atoms with Gasteiger partial charge in [0.2, 0.25) is 5.95 Å². The van der Waals surface area contributed by atoms with Crippen molar-refractivity contribution in [1.29, 1.82) is 0 Å². The fraction of sp³-hybridized carbons (Fsp3) is 0.0667. The van der Waals surface area contributed by atoms with Crippen LogP contribution in [0.4, 0.5) is 5.95 Å². The van der Waals surface area contributed by atoms with Crippen molar-refractivity contribution >= 4 is 12.2 Å². The van der Waals surface area contributed by atoms with E-state index in [2.05, 4.69) is 20.1 Å². The Labute approximate surface area is 127 Å². The number of aryl methyl sites for hydroxylation is 1. The van der Waals surface area contributed by atoms with E-state index in [0.717, 1.165) is 11.3 Å². The number of nitrogen functional groups attached to an aromatic ring is 1. The Morgan fingerprint density at radius 2 is 2.05 bits per heavy atom. The highest BCUT2D eigenvalue weighted by molar-refractivity contribution is 5.80. The molecule has 22 heavy (non-hydrogen) atoms. The Hall–Kier alpha value is -3.22. The first-order valence-corrected chi connectivity index (χ1v) is 6.61. The summed E-state index contributed by atoms with van der Waals surface area (Å²) in [4.78, 5) is 12.1. The van der Waals surface area contributed by atoms with Crippen molar-refractivity contribution in [1.82, 2.24) is 19.6 Å². The minimum atomic E-state index is 0.297. The zero-order valence-electron chi connectivity index (χ0n) is 11.9. The van der Waals surface area contributed by atoms with Gasteiger partial charge in [-0.15, -0.1) is 0 Å². The molecule has 0 aliphatic rings. The van der Waals surface area contributed by atoms with Gasteiger partial charge in [0, 0.05) is 12.4 Å². The summed E-state index contributed by atoms with van der Waals surface area (Å²) in [5, 5.41) is 4.26. The second-order valence-electron chi connectivity index (χ2n) is 4.54. The van der Waals surface area contributed by atoms with Crippen molar-refractivity contribution in [2.45, 2.75) is 6.92 Å². The van der Waals surface area contributed by atoms with Crippen molar-refractivity contribution in [2.24, 2.45) is 5.10 Å². The Kier molecular flexibility index (Phi) is 3.78. The van der Waals surface area contributed by atoms with E-state index in [-0.39, 0.29) is 0 Å². The summed E-state index contributed by atoms with van der Waals surface area (Å²) in [7, 11) is 0. The van der Waals surface area contributed by atoms with Crippen LogP contribution >= 0.6 is 0 Å². The Morgan fingerprint density at radius 3 is 2.77 bits per heavy atom. The molecule has 1 aromatic carbocycles. The molecule has 7 heteroatoms. The normalized spacial score (nSPS) is 11.0. The summed E-state index contributed by atoms with van der Waals surface area (Å²) in [5.41, 5.74) is 7.41. The number of hydrogen-bond acceptors (Lipinski definition) is 6. The van der Waals surface area contributed by atoms with Crippen LogP contribution in [0, 0.1) is 6.92 Å². The van der Waals surface area contributed by atoms with Crippen molar-refractivity contribution < 1.29 is 4.74 Å². The van der Waals surface area contributed by atoms with Crippen molar-refractivity contribution in [3.63, 3.8) is 0 Å². The van der Waals surface area contributed by atoms with Gasteiger partial charge in [0.05, 0.1) is 18.1 Å². The van der Waals surface area contributed by atoms with E-state index < -0.39 is 0 Å². The smallest absolute Gasteiger partial charge is 0.321 e. The van der Waals surface area contributed by atoms with Crippen LogP contribution in [0.1, 0.15) is 11.3 Å². The number of aromatic nitrogens is 4. The zero-order valence-corrected chi connectivity index (χ0v) is 11.9. The third-order valence-corrected chi connectivity index (χ3v) is 2.78. The van der Waals surface area contributed by atoms with Crippen molar-refractivity contribution in [3.05, 3.63) is 60.2 Å². The molecule has 3 rings (SSSR count). The Morgan fingerprint density at radius 1 is 1.23 bits per heavy atom. The van der Waals surface area contributed by atoms with E-state index in [9.17, 15) is 0 Å². The van der Waals surface area contributed by atoms with E-state index >= 15 is 0 Å². The number of imidazole rings is 1. The minimum absolute atomic E-state index is 0.297. The first kappa shape index (κ1) is 13.7. The Balaban J connectivity index is 1.78. The topological polar surface area (TPSA) is 91.2 Å². The monoisotopic (exact) mass is 294 g/mol. The lowest BCUT2D eigenvalue weighted by atomic mass is 10.2. The number of ether oxygens (including phenoxy) is 1. The summed E-state index contributed by atoms with van der Waals surface area (Å²) in [5.74, 6) is 0.976. The van der Waals surface area contributed by atoms with Gasteiger partial charge in [-0.3, -0.25) is 0 Å². The van der Waals surface area contributed by atoms with Gasteiger partial charge in [0.1, 0.15) is 5.75 Å². The van der Waals surface area contributed by atoms with Gasteiger partial charge in [0.15, 0.2) is 0 Å². The maximum atomic E-state index is 5.73. The lowest BCUT2D eigenvalue weighted by Crippen LogP contribution is -1.97. The summed E-state index contributed by atoms with van der Waals surface area (Å²) in [6, 6.07) is 9.45. The predicted molar refractivity (Wildman–Crippen MR) is 82.9 cm³/mol. The standard InChI is InChI=1S/C15H14N6O/c1-11-10-21(14(16)20-11)19-9-12-4-2-5-13(8-12)22-15-17-6-3-7-18-15/h2-10H,1H3,(H2,16,20). The molecule has 0 aliphatic carbocycles. The molecule has 2 aromatic heterocycles. The van der Waals surface area contributed by atoms with Crippen LogP contribution in [0.25, 0.3) is 0 Å². The van der Waals surface area contributed by atoms with E-state index in [1.165, 1.54) is 4.68 Å². The maximum Gasteiger partial charge on any atom is 0.321 e. The summed E-state index contributed by atoms with van der Waals surface area (Å²) in [6.07, 6.45) is 6.68. The lowest BCUT2D eigenvalue weighted by Gasteiger charge is -2.03. The molecule has 0 saturated heterocycles. The van der Waals surface area contributed by atoms with E-state index in [1.54, 1.807) is 30.9 Å². The molecule has 0 bridgehead atoms. The second kappa shape index (κ2) is 6.04. The van der Waals surface area contributed by atoms with Crippen LogP contribution in [0.3, 0.4) is 0 Å². The minimum Gasteiger partial charge on any atom is -0.424 e. The highest BCUT2D eigenvalue weighted by Gasteiger charge is 2.01. The lowest BCUT2D eigenvalue weighted by molar-refractivity contribution is 0.441. The number of anilines is 1. The largest absolute Gasteiger partial charge is 0.424 e. The van der Waals surface area contributed by atoms with Gasteiger partial charge in [-0.1, -0.05) is 12.1 Å². The van der Waals surface area contributed by atoms with E-state index in [4.69, 9.17) is 10.5 Å². The van der Waals surface area contributed by atoms with Crippen LogP contribution < -0.4 is 10.5 Å². The zero-order chi connectivity index (χ0) is 15.4. The van der Waals surface area contributed by atoms with Crippen LogP contribution in [0.15, 0.2) is 54.0 Å². The molecule has 0 aliphatic heterocycles.